The number of carbonyl (C=O) groups is 1. The molecule has 0 radical (unpaired) electrons. The normalized spacial score (nSPS) is 18.1. The van der Waals surface area contributed by atoms with Crippen LogP contribution in [0.4, 0.5) is 5.69 Å². The third-order valence-electron chi connectivity index (χ3n) is 4.02. The lowest BCUT2D eigenvalue weighted by Gasteiger charge is -2.29. The molecule has 2 aromatic carbocycles. The van der Waals surface area contributed by atoms with E-state index in [-0.39, 0.29) is 5.78 Å². The van der Waals surface area contributed by atoms with Gasteiger partial charge in [0, 0.05) is 46.1 Å². The van der Waals surface area contributed by atoms with Gasteiger partial charge in [0.15, 0.2) is 11.9 Å². The predicted molar refractivity (Wildman–Crippen MR) is 96.7 cm³/mol. The maximum absolute atomic E-state index is 13.0. The molecule has 24 heavy (non-hydrogen) atoms. The first kappa shape index (κ1) is 16.1. The number of benzene rings is 2. The highest BCUT2D eigenvalue weighted by Crippen LogP contribution is 2.40. The number of fused-ring (bicyclic) bond motifs is 1. The molecule has 0 saturated heterocycles. The molecular weight excluding hydrogens is 300 g/mol. The summed E-state index contributed by atoms with van der Waals surface area (Å²) < 4.78 is 6.25. The van der Waals surface area contributed by atoms with Crippen LogP contribution in [0.15, 0.2) is 60.3 Å². The second kappa shape index (κ2) is 6.40. The molecule has 0 aromatic heterocycles. The van der Waals surface area contributed by atoms with Gasteiger partial charge in [0.05, 0.1) is 11.1 Å². The Hall–Kier alpha value is -2.75. The molecule has 0 fully saturated rings. The van der Waals surface area contributed by atoms with Crippen molar-refractivity contribution in [2.75, 3.05) is 33.1 Å². The first-order chi connectivity index (χ1) is 11.5. The predicted octanol–water partition coefficient (Wildman–Crippen LogP) is 3.51. The summed E-state index contributed by atoms with van der Waals surface area (Å²) in [4.78, 5) is 16.9. The van der Waals surface area contributed by atoms with Gasteiger partial charge >= 0.3 is 0 Å². The zero-order valence-electron chi connectivity index (χ0n) is 14.5. The molecular formula is C20H22N2O2. The van der Waals surface area contributed by atoms with Crippen LogP contribution < -0.4 is 9.64 Å². The van der Waals surface area contributed by atoms with Crippen molar-refractivity contribution in [1.29, 1.82) is 0 Å². The summed E-state index contributed by atoms with van der Waals surface area (Å²) in [6.45, 7) is 0. The van der Waals surface area contributed by atoms with Crippen molar-refractivity contribution in [3.8, 4) is 5.75 Å². The lowest BCUT2D eigenvalue weighted by atomic mass is 9.91. The Morgan fingerprint density at radius 2 is 1.71 bits per heavy atom. The summed E-state index contributed by atoms with van der Waals surface area (Å²) in [6, 6.07) is 15.6. The van der Waals surface area contributed by atoms with Gasteiger partial charge < -0.3 is 14.5 Å². The molecule has 4 nitrogen and oxygen atoms in total. The Labute approximate surface area is 143 Å². The molecule has 0 aliphatic carbocycles. The zero-order chi connectivity index (χ0) is 17.3. The summed E-state index contributed by atoms with van der Waals surface area (Å²) >= 11 is 0. The number of ether oxygens (including phenoxy) is 1. The van der Waals surface area contributed by atoms with Crippen LogP contribution >= 0.6 is 0 Å². The van der Waals surface area contributed by atoms with Gasteiger partial charge in [0.1, 0.15) is 5.75 Å². The number of rotatable bonds is 3. The minimum Gasteiger partial charge on any atom is -0.480 e. The number of hydrogen-bond donors (Lipinski definition) is 0. The fourth-order valence-electron chi connectivity index (χ4n) is 2.82. The van der Waals surface area contributed by atoms with Crippen LogP contribution in [0.2, 0.25) is 0 Å². The number of nitrogens with zero attached hydrogens (tertiary/aromatic N) is 2. The molecule has 0 N–H and O–H groups in total. The van der Waals surface area contributed by atoms with E-state index in [0.29, 0.717) is 16.9 Å². The van der Waals surface area contributed by atoms with E-state index in [4.69, 9.17) is 4.74 Å². The fourth-order valence-corrected chi connectivity index (χ4v) is 2.82. The molecule has 0 bridgehead atoms. The highest BCUT2D eigenvalue weighted by atomic mass is 16.5. The minimum atomic E-state index is -0.397. The molecule has 1 aliphatic rings. The monoisotopic (exact) mass is 322 g/mol. The molecule has 4 heteroatoms. The second-order valence-corrected chi connectivity index (χ2v) is 6.36. The van der Waals surface area contributed by atoms with E-state index in [9.17, 15) is 4.79 Å². The molecule has 0 amide bonds. The number of hydrogen-bond acceptors (Lipinski definition) is 4. The standard InChI is InChI=1S/C20H22N2O2/c1-21(2)13-17-19(23)16-11-10-15(22(3)4)12-18(16)24-20(17)14-8-6-5-7-9-14/h5-13,20H,1-4H3. The van der Waals surface area contributed by atoms with Crippen LogP contribution in [0.25, 0.3) is 0 Å². The van der Waals surface area contributed by atoms with Crippen molar-refractivity contribution in [3.63, 3.8) is 0 Å². The second-order valence-electron chi connectivity index (χ2n) is 6.36. The first-order valence-corrected chi connectivity index (χ1v) is 7.93. The number of anilines is 1. The topological polar surface area (TPSA) is 32.8 Å². The Kier molecular flexibility index (Phi) is 4.30. The van der Waals surface area contributed by atoms with Crippen LogP contribution in [0.5, 0.6) is 5.75 Å². The fraction of sp³-hybridized carbons (Fsp3) is 0.250. The third kappa shape index (κ3) is 3.00. The highest BCUT2D eigenvalue weighted by Gasteiger charge is 2.33. The zero-order valence-corrected chi connectivity index (χ0v) is 14.5. The lowest BCUT2D eigenvalue weighted by molar-refractivity contribution is 0.0957. The van der Waals surface area contributed by atoms with Crippen molar-refractivity contribution in [2.45, 2.75) is 6.10 Å². The van der Waals surface area contributed by atoms with E-state index >= 15 is 0 Å². The maximum Gasteiger partial charge on any atom is 0.198 e. The Morgan fingerprint density at radius 1 is 1.00 bits per heavy atom. The average Bonchev–Trinajstić information content (AvgIpc) is 2.57. The summed E-state index contributed by atoms with van der Waals surface area (Å²) in [5.74, 6) is 0.653. The van der Waals surface area contributed by atoms with Crippen molar-refractivity contribution in [1.82, 2.24) is 4.90 Å². The van der Waals surface area contributed by atoms with Gasteiger partial charge in [-0.25, -0.2) is 0 Å². The third-order valence-corrected chi connectivity index (χ3v) is 4.02. The minimum absolute atomic E-state index is 0.0177. The largest absolute Gasteiger partial charge is 0.480 e. The van der Waals surface area contributed by atoms with E-state index in [1.54, 1.807) is 0 Å². The molecule has 2 aromatic rings. The van der Waals surface area contributed by atoms with Gasteiger partial charge in [0.25, 0.3) is 0 Å². The van der Waals surface area contributed by atoms with Crippen LogP contribution in [-0.4, -0.2) is 38.9 Å². The lowest BCUT2D eigenvalue weighted by Crippen LogP contribution is -2.26. The van der Waals surface area contributed by atoms with E-state index < -0.39 is 6.10 Å². The van der Waals surface area contributed by atoms with E-state index in [1.807, 2.05) is 92.7 Å². The van der Waals surface area contributed by atoms with Crippen LogP contribution in [0, 0.1) is 0 Å². The number of carbonyl (C=O) groups excluding carboxylic acids is 1. The molecule has 3 rings (SSSR count). The van der Waals surface area contributed by atoms with Crippen LogP contribution in [0.1, 0.15) is 22.0 Å². The first-order valence-electron chi connectivity index (χ1n) is 7.93. The molecule has 124 valence electrons. The maximum atomic E-state index is 13.0. The number of ketones is 1. The Bertz CT molecular complexity index is 779. The van der Waals surface area contributed by atoms with Crippen molar-refractivity contribution in [2.24, 2.45) is 0 Å². The molecule has 0 saturated carbocycles. The van der Waals surface area contributed by atoms with Crippen molar-refractivity contribution < 1.29 is 9.53 Å². The van der Waals surface area contributed by atoms with Gasteiger partial charge in [-0.1, -0.05) is 30.3 Å². The summed E-state index contributed by atoms with van der Waals surface area (Å²) in [5, 5.41) is 0. The molecule has 1 aliphatic heterocycles. The van der Waals surface area contributed by atoms with Gasteiger partial charge in [-0.2, -0.15) is 0 Å². The SMILES string of the molecule is CN(C)C=C1C(=O)c2ccc(N(C)C)cc2OC1c1ccccc1. The molecule has 1 atom stereocenters. The van der Waals surface area contributed by atoms with Gasteiger partial charge in [-0.15, -0.1) is 0 Å². The Balaban J connectivity index is 2.12. The smallest absolute Gasteiger partial charge is 0.198 e. The van der Waals surface area contributed by atoms with Crippen LogP contribution in [0.3, 0.4) is 0 Å². The van der Waals surface area contributed by atoms with Gasteiger partial charge in [0.2, 0.25) is 0 Å². The van der Waals surface area contributed by atoms with Crippen molar-refractivity contribution in [3.05, 3.63) is 71.4 Å². The van der Waals surface area contributed by atoms with Crippen LogP contribution in [-0.2, 0) is 0 Å². The van der Waals surface area contributed by atoms with Crippen molar-refractivity contribution >= 4 is 11.5 Å². The average molecular weight is 322 g/mol. The van der Waals surface area contributed by atoms with Gasteiger partial charge in [-0.3, -0.25) is 4.79 Å². The quantitative estimate of drug-likeness (QED) is 0.810. The number of Topliss-reactive ketones (excluding diaryl/α,β-unsaturated/α-hetero) is 1. The highest BCUT2D eigenvalue weighted by molar-refractivity contribution is 6.12. The van der Waals surface area contributed by atoms with E-state index in [1.165, 1.54) is 0 Å². The summed E-state index contributed by atoms with van der Waals surface area (Å²) in [7, 11) is 7.76. The van der Waals surface area contributed by atoms with E-state index in [0.717, 1.165) is 11.3 Å². The molecule has 1 heterocycles. The van der Waals surface area contributed by atoms with Gasteiger partial charge in [-0.05, 0) is 17.7 Å². The van der Waals surface area contributed by atoms with E-state index in [2.05, 4.69) is 0 Å². The summed E-state index contributed by atoms with van der Waals surface area (Å²) in [5.41, 5.74) is 3.24. The molecule has 1 unspecified atom stereocenters. The summed E-state index contributed by atoms with van der Waals surface area (Å²) in [6.07, 6.45) is 1.45. The molecule has 0 spiro atoms. The Morgan fingerprint density at radius 3 is 2.33 bits per heavy atom.